The third kappa shape index (κ3) is 5.65. The minimum Gasteiger partial charge on any atom is -0.379 e. The Hall–Kier alpha value is -0.860. The highest BCUT2D eigenvalue weighted by Crippen LogP contribution is 2.18. The lowest BCUT2D eigenvalue weighted by molar-refractivity contribution is 0.00655. The number of hydrogen-bond donors (Lipinski definition) is 1. The molecule has 0 heterocycles. The van der Waals surface area contributed by atoms with Crippen LogP contribution >= 0.6 is 0 Å². The van der Waals surface area contributed by atoms with Gasteiger partial charge in [-0.1, -0.05) is 37.3 Å². The number of benzene rings is 1. The predicted octanol–water partition coefficient (Wildman–Crippen LogP) is 3.41. The summed E-state index contributed by atoms with van der Waals surface area (Å²) in [6.45, 7) is 7.48. The van der Waals surface area contributed by atoms with Crippen molar-refractivity contribution < 1.29 is 4.74 Å². The summed E-state index contributed by atoms with van der Waals surface area (Å²) in [6, 6.07) is 11.2. The van der Waals surface area contributed by atoms with E-state index in [2.05, 4.69) is 56.4 Å². The van der Waals surface area contributed by atoms with Crippen LogP contribution in [0.3, 0.4) is 0 Å². The van der Waals surface area contributed by atoms with Crippen LogP contribution in [0.2, 0.25) is 0 Å². The molecule has 2 nitrogen and oxygen atoms in total. The molecule has 1 rings (SSSR count). The van der Waals surface area contributed by atoms with Crippen molar-refractivity contribution in [3.8, 4) is 0 Å². The maximum Gasteiger partial charge on any atom is 0.0637 e. The van der Waals surface area contributed by atoms with E-state index in [9.17, 15) is 0 Å². The summed E-state index contributed by atoms with van der Waals surface area (Å²) in [5.41, 5.74) is 1.36. The van der Waals surface area contributed by atoms with E-state index in [-0.39, 0.29) is 5.60 Å². The van der Waals surface area contributed by atoms with E-state index in [1.54, 1.807) is 7.11 Å². The summed E-state index contributed by atoms with van der Waals surface area (Å²) in [5.74, 6) is 0. The molecule has 1 aromatic rings. The molecule has 0 bridgehead atoms. The first-order chi connectivity index (χ1) is 8.57. The number of methoxy groups -OCH3 is 1. The van der Waals surface area contributed by atoms with Crippen LogP contribution in [-0.2, 0) is 11.2 Å². The first kappa shape index (κ1) is 15.2. The lowest BCUT2D eigenvalue weighted by Gasteiger charge is -2.29. The molecule has 0 aliphatic rings. The highest BCUT2D eigenvalue weighted by molar-refractivity contribution is 5.14. The van der Waals surface area contributed by atoms with E-state index in [0.29, 0.717) is 6.04 Å². The van der Waals surface area contributed by atoms with Crippen molar-refractivity contribution in [1.29, 1.82) is 0 Å². The number of hydrogen-bond acceptors (Lipinski definition) is 2. The molecule has 0 fully saturated rings. The highest BCUT2D eigenvalue weighted by atomic mass is 16.5. The van der Waals surface area contributed by atoms with Gasteiger partial charge in [-0.2, -0.15) is 0 Å². The third-order valence-corrected chi connectivity index (χ3v) is 3.41. The van der Waals surface area contributed by atoms with Crippen molar-refractivity contribution in [3.63, 3.8) is 0 Å². The Kier molecular flexibility index (Phi) is 6.37. The zero-order valence-electron chi connectivity index (χ0n) is 12.2. The summed E-state index contributed by atoms with van der Waals surface area (Å²) in [5, 5.41) is 3.56. The van der Waals surface area contributed by atoms with Gasteiger partial charge in [0.15, 0.2) is 0 Å². The molecule has 0 saturated heterocycles. The van der Waals surface area contributed by atoms with Crippen LogP contribution in [0, 0.1) is 0 Å². The first-order valence-corrected chi connectivity index (χ1v) is 6.90. The summed E-state index contributed by atoms with van der Waals surface area (Å²) in [4.78, 5) is 0. The van der Waals surface area contributed by atoms with Crippen LogP contribution in [0.4, 0.5) is 0 Å². The molecule has 0 aliphatic carbocycles. The van der Waals surface area contributed by atoms with Gasteiger partial charge >= 0.3 is 0 Å². The average Bonchev–Trinajstić information content (AvgIpc) is 2.37. The second-order valence-electron chi connectivity index (χ2n) is 5.45. The molecular weight excluding hydrogens is 222 g/mol. The number of ether oxygens (including phenoxy) is 1. The van der Waals surface area contributed by atoms with Gasteiger partial charge < -0.3 is 10.1 Å². The van der Waals surface area contributed by atoms with Crippen molar-refractivity contribution in [3.05, 3.63) is 35.9 Å². The van der Waals surface area contributed by atoms with Crippen molar-refractivity contribution in [1.82, 2.24) is 5.32 Å². The molecule has 102 valence electrons. The second-order valence-corrected chi connectivity index (χ2v) is 5.45. The van der Waals surface area contributed by atoms with E-state index in [1.807, 2.05) is 0 Å². The van der Waals surface area contributed by atoms with E-state index < -0.39 is 0 Å². The first-order valence-electron chi connectivity index (χ1n) is 6.90. The molecule has 0 radical (unpaired) electrons. The number of aryl methyl sites for hydroxylation is 1. The molecule has 0 spiro atoms. The molecule has 0 saturated carbocycles. The van der Waals surface area contributed by atoms with Crippen LogP contribution in [0.1, 0.15) is 39.2 Å². The van der Waals surface area contributed by atoms with Gasteiger partial charge in [-0.15, -0.1) is 0 Å². The molecule has 0 amide bonds. The maximum absolute atomic E-state index is 5.53. The summed E-state index contributed by atoms with van der Waals surface area (Å²) in [7, 11) is 1.79. The van der Waals surface area contributed by atoms with Gasteiger partial charge in [-0.05, 0) is 45.2 Å². The van der Waals surface area contributed by atoms with Gasteiger partial charge in [0.1, 0.15) is 0 Å². The largest absolute Gasteiger partial charge is 0.379 e. The molecule has 2 heteroatoms. The topological polar surface area (TPSA) is 21.3 Å². The van der Waals surface area contributed by atoms with E-state index in [0.717, 1.165) is 25.8 Å². The van der Waals surface area contributed by atoms with Crippen molar-refractivity contribution in [2.45, 2.75) is 51.7 Å². The maximum atomic E-state index is 5.53. The van der Waals surface area contributed by atoms with E-state index in [4.69, 9.17) is 4.74 Å². The zero-order valence-corrected chi connectivity index (χ0v) is 12.2. The Morgan fingerprint density at radius 3 is 2.44 bits per heavy atom. The van der Waals surface area contributed by atoms with Crippen LogP contribution in [0.25, 0.3) is 0 Å². The van der Waals surface area contributed by atoms with Crippen molar-refractivity contribution in [2.75, 3.05) is 13.7 Å². The summed E-state index contributed by atoms with van der Waals surface area (Å²) < 4.78 is 5.53. The Morgan fingerprint density at radius 2 is 1.89 bits per heavy atom. The Morgan fingerprint density at radius 1 is 1.22 bits per heavy atom. The van der Waals surface area contributed by atoms with Crippen LogP contribution in [0.5, 0.6) is 0 Å². The SMILES string of the molecule is CCNC(CCc1ccccc1)CC(C)(C)OC. The number of rotatable bonds is 8. The molecule has 1 N–H and O–H groups in total. The summed E-state index contributed by atoms with van der Waals surface area (Å²) in [6.07, 6.45) is 3.33. The van der Waals surface area contributed by atoms with Gasteiger partial charge in [0.05, 0.1) is 5.60 Å². The molecule has 0 aromatic heterocycles. The Balaban J connectivity index is 2.48. The fourth-order valence-electron chi connectivity index (χ4n) is 2.23. The van der Waals surface area contributed by atoms with Crippen molar-refractivity contribution in [2.24, 2.45) is 0 Å². The fraction of sp³-hybridized carbons (Fsp3) is 0.625. The molecule has 18 heavy (non-hydrogen) atoms. The second kappa shape index (κ2) is 7.55. The van der Waals surface area contributed by atoms with Crippen LogP contribution in [-0.4, -0.2) is 25.3 Å². The molecule has 1 aromatic carbocycles. The van der Waals surface area contributed by atoms with Crippen molar-refractivity contribution >= 4 is 0 Å². The normalized spacial score (nSPS) is 13.6. The lowest BCUT2D eigenvalue weighted by atomic mass is 9.94. The van der Waals surface area contributed by atoms with Gasteiger partial charge in [-0.3, -0.25) is 0 Å². The quantitative estimate of drug-likeness (QED) is 0.762. The summed E-state index contributed by atoms with van der Waals surface area (Å²) >= 11 is 0. The van der Waals surface area contributed by atoms with Gasteiger partial charge in [0.25, 0.3) is 0 Å². The molecule has 1 atom stereocenters. The Labute approximate surface area is 112 Å². The third-order valence-electron chi connectivity index (χ3n) is 3.41. The van der Waals surface area contributed by atoms with Gasteiger partial charge in [0, 0.05) is 13.2 Å². The molecule has 1 unspecified atom stereocenters. The molecule has 0 aliphatic heterocycles. The van der Waals surface area contributed by atoms with Gasteiger partial charge in [-0.25, -0.2) is 0 Å². The minimum atomic E-state index is -0.0521. The lowest BCUT2D eigenvalue weighted by Crippen LogP contribution is -2.37. The van der Waals surface area contributed by atoms with Crippen LogP contribution in [0.15, 0.2) is 30.3 Å². The average molecular weight is 249 g/mol. The van der Waals surface area contributed by atoms with Crippen LogP contribution < -0.4 is 5.32 Å². The van der Waals surface area contributed by atoms with E-state index >= 15 is 0 Å². The zero-order chi connectivity index (χ0) is 13.4. The number of nitrogens with one attached hydrogen (secondary N) is 1. The highest BCUT2D eigenvalue weighted by Gasteiger charge is 2.22. The predicted molar refractivity (Wildman–Crippen MR) is 77.9 cm³/mol. The Bertz CT molecular complexity index is 321. The standard InChI is InChI=1S/C16H27NO/c1-5-17-15(13-16(2,3)18-4)12-11-14-9-7-6-8-10-14/h6-10,15,17H,5,11-13H2,1-4H3. The monoisotopic (exact) mass is 249 g/mol. The van der Waals surface area contributed by atoms with E-state index in [1.165, 1.54) is 5.56 Å². The fourth-order valence-corrected chi connectivity index (χ4v) is 2.23. The van der Waals surface area contributed by atoms with Gasteiger partial charge in [0.2, 0.25) is 0 Å². The smallest absolute Gasteiger partial charge is 0.0637 e. The molecular formula is C16H27NO. The minimum absolute atomic E-state index is 0.0521.